The Balaban J connectivity index is 1.52. The van der Waals surface area contributed by atoms with Crippen molar-refractivity contribution in [3.63, 3.8) is 0 Å². The SMILES string of the molecule is CCCNc1nnc(SC(C)C(=O)N2N=C(c3ccc(Cl)cc3)CC2c2ccco2)s1. The molecule has 0 spiro atoms. The van der Waals surface area contributed by atoms with Crippen molar-refractivity contribution >= 4 is 51.5 Å². The van der Waals surface area contributed by atoms with E-state index in [2.05, 4.69) is 27.5 Å². The number of thioether (sulfide) groups is 1. The number of amides is 1. The molecule has 4 rings (SSSR count). The van der Waals surface area contributed by atoms with Gasteiger partial charge < -0.3 is 9.73 Å². The standard InChI is InChI=1S/C21H22ClN5O2S2/c1-3-10-23-20-24-25-21(31-20)30-13(2)19(28)27-17(18-5-4-11-29-18)12-16(26-27)14-6-8-15(22)9-7-14/h4-9,11,13,17H,3,10,12H2,1-2H3,(H,23,24). The Morgan fingerprint density at radius 2 is 2.16 bits per heavy atom. The van der Waals surface area contributed by atoms with E-state index in [9.17, 15) is 4.79 Å². The average molecular weight is 476 g/mol. The van der Waals surface area contributed by atoms with E-state index in [-0.39, 0.29) is 17.2 Å². The quantitative estimate of drug-likeness (QED) is 0.435. The minimum absolute atomic E-state index is 0.103. The number of rotatable bonds is 8. The molecule has 0 fully saturated rings. The number of furan rings is 1. The molecule has 1 aromatic carbocycles. The Labute approximate surface area is 193 Å². The maximum Gasteiger partial charge on any atom is 0.256 e. The first kappa shape index (κ1) is 21.9. The predicted molar refractivity (Wildman–Crippen MR) is 125 cm³/mol. The van der Waals surface area contributed by atoms with Gasteiger partial charge >= 0.3 is 0 Å². The van der Waals surface area contributed by atoms with Crippen LogP contribution in [0.15, 0.2) is 56.5 Å². The van der Waals surface area contributed by atoms with Crippen LogP contribution < -0.4 is 5.32 Å². The molecule has 10 heteroatoms. The molecule has 0 saturated carbocycles. The van der Waals surface area contributed by atoms with Crippen molar-refractivity contribution in [1.82, 2.24) is 15.2 Å². The lowest BCUT2D eigenvalue weighted by Crippen LogP contribution is -2.33. The maximum atomic E-state index is 13.3. The van der Waals surface area contributed by atoms with Gasteiger partial charge in [-0.15, -0.1) is 10.2 Å². The molecule has 162 valence electrons. The van der Waals surface area contributed by atoms with E-state index in [0.29, 0.717) is 17.2 Å². The Morgan fingerprint density at radius 1 is 1.35 bits per heavy atom. The summed E-state index contributed by atoms with van der Waals surface area (Å²) in [5.41, 5.74) is 1.76. The number of nitrogens with one attached hydrogen (secondary N) is 1. The second-order valence-corrected chi connectivity index (χ2v) is 10.0. The van der Waals surface area contributed by atoms with Crippen LogP contribution >= 0.6 is 34.7 Å². The second-order valence-electron chi connectivity index (χ2n) is 7.03. The number of aromatic nitrogens is 2. The summed E-state index contributed by atoms with van der Waals surface area (Å²) in [7, 11) is 0. The van der Waals surface area contributed by atoms with Crippen molar-refractivity contribution in [2.24, 2.45) is 5.10 Å². The molecular weight excluding hydrogens is 454 g/mol. The van der Waals surface area contributed by atoms with E-state index in [1.807, 2.05) is 43.3 Å². The predicted octanol–water partition coefficient (Wildman–Crippen LogP) is 5.46. The van der Waals surface area contributed by atoms with E-state index < -0.39 is 0 Å². The lowest BCUT2D eigenvalue weighted by Gasteiger charge is -2.22. The number of hydrogen-bond acceptors (Lipinski definition) is 8. The average Bonchev–Trinajstić information content (AvgIpc) is 3.52. The van der Waals surface area contributed by atoms with Gasteiger partial charge in [-0.2, -0.15) is 5.10 Å². The van der Waals surface area contributed by atoms with Gasteiger partial charge in [-0.3, -0.25) is 4.79 Å². The van der Waals surface area contributed by atoms with Crippen molar-refractivity contribution in [2.45, 2.75) is 42.3 Å². The summed E-state index contributed by atoms with van der Waals surface area (Å²) in [6.45, 7) is 4.80. The first-order valence-electron chi connectivity index (χ1n) is 9.99. The fourth-order valence-electron chi connectivity index (χ4n) is 3.18. The minimum Gasteiger partial charge on any atom is -0.467 e. The zero-order valence-corrected chi connectivity index (χ0v) is 19.5. The molecule has 1 N–H and O–H groups in total. The number of anilines is 1. The van der Waals surface area contributed by atoms with Crippen molar-refractivity contribution < 1.29 is 9.21 Å². The van der Waals surface area contributed by atoms with Crippen LogP contribution in [0.25, 0.3) is 0 Å². The highest BCUT2D eigenvalue weighted by Gasteiger charge is 2.37. The van der Waals surface area contributed by atoms with Gasteiger partial charge in [0.1, 0.15) is 11.8 Å². The molecule has 2 atom stereocenters. The van der Waals surface area contributed by atoms with Crippen LogP contribution in [0.2, 0.25) is 5.02 Å². The zero-order chi connectivity index (χ0) is 21.8. The van der Waals surface area contributed by atoms with Gasteiger partial charge in [0.05, 0.1) is 17.2 Å². The van der Waals surface area contributed by atoms with Crippen molar-refractivity contribution in [1.29, 1.82) is 0 Å². The van der Waals surface area contributed by atoms with Gasteiger partial charge in [-0.25, -0.2) is 5.01 Å². The largest absolute Gasteiger partial charge is 0.467 e. The molecule has 2 unspecified atom stereocenters. The molecule has 3 aromatic rings. The third-order valence-electron chi connectivity index (χ3n) is 4.74. The molecule has 0 radical (unpaired) electrons. The van der Waals surface area contributed by atoms with Crippen LogP contribution in [0.3, 0.4) is 0 Å². The first-order valence-corrected chi connectivity index (χ1v) is 12.1. The van der Waals surface area contributed by atoms with Gasteiger partial charge in [-0.1, -0.05) is 53.8 Å². The Morgan fingerprint density at radius 3 is 2.87 bits per heavy atom. The van der Waals surface area contributed by atoms with E-state index in [0.717, 1.165) is 33.7 Å². The van der Waals surface area contributed by atoms with Gasteiger partial charge in [0.25, 0.3) is 5.91 Å². The number of nitrogens with zero attached hydrogens (tertiary/aromatic N) is 4. The number of halogens is 1. The molecule has 0 aliphatic carbocycles. The third-order valence-corrected chi connectivity index (χ3v) is 7.05. The molecule has 3 heterocycles. The summed E-state index contributed by atoms with van der Waals surface area (Å²) in [6.07, 6.45) is 3.19. The summed E-state index contributed by atoms with van der Waals surface area (Å²) in [5, 5.41) is 18.8. The van der Waals surface area contributed by atoms with E-state index >= 15 is 0 Å². The van der Waals surface area contributed by atoms with Crippen LogP contribution in [0.4, 0.5) is 5.13 Å². The summed E-state index contributed by atoms with van der Waals surface area (Å²) in [5.74, 6) is 0.605. The smallest absolute Gasteiger partial charge is 0.256 e. The molecule has 7 nitrogen and oxygen atoms in total. The summed E-state index contributed by atoms with van der Waals surface area (Å²) >= 11 is 8.86. The van der Waals surface area contributed by atoms with Gasteiger partial charge in [0.15, 0.2) is 4.34 Å². The summed E-state index contributed by atoms with van der Waals surface area (Å²) in [4.78, 5) is 13.3. The molecular formula is C21H22ClN5O2S2. The minimum atomic E-state index is -0.377. The molecule has 31 heavy (non-hydrogen) atoms. The zero-order valence-electron chi connectivity index (χ0n) is 17.1. The molecule has 2 aromatic heterocycles. The molecule has 0 bridgehead atoms. The highest BCUT2D eigenvalue weighted by Crippen LogP contribution is 2.36. The number of hydrazone groups is 1. The fraction of sp³-hybridized carbons (Fsp3) is 0.333. The number of benzene rings is 1. The molecule has 1 aliphatic rings. The number of carbonyl (C=O) groups is 1. The van der Waals surface area contributed by atoms with E-state index in [1.54, 1.807) is 6.26 Å². The Hall–Kier alpha value is -2.36. The number of hydrogen-bond donors (Lipinski definition) is 1. The monoisotopic (exact) mass is 475 g/mol. The highest BCUT2D eigenvalue weighted by molar-refractivity contribution is 8.02. The lowest BCUT2D eigenvalue weighted by atomic mass is 10.0. The van der Waals surface area contributed by atoms with Gasteiger partial charge in [-0.05, 0) is 43.2 Å². The topological polar surface area (TPSA) is 83.6 Å². The fourth-order valence-corrected chi connectivity index (χ4v) is 5.27. The third kappa shape index (κ3) is 5.11. The number of carbonyl (C=O) groups excluding carboxylic acids is 1. The van der Waals surface area contributed by atoms with Gasteiger partial charge in [0.2, 0.25) is 5.13 Å². The van der Waals surface area contributed by atoms with Crippen LogP contribution in [0, 0.1) is 0 Å². The summed E-state index contributed by atoms with van der Waals surface area (Å²) in [6, 6.07) is 10.9. The van der Waals surface area contributed by atoms with Crippen LogP contribution in [0.1, 0.15) is 44.1 Å². The normalized spacial score (nSPS) is 16.9. The molecule has 1 aliphatic heterocycles. The van der Waals surface area contributed by atoms with E-state index in [1.165, 1.54) is 28.1 Å². The lowest BCUT2D eigenvalue weighted by molar-refractivity contribution is -0.132. The van der Waals surface area contributed by atoms with Crippen molar-refractivity contribution in [3.8, 4) is 0 Å². The van der Waals surface area contributed by atoms with Gasteiger partial charge in [0, 0.05) is 18.0 Å². The summed E-state index contributed by atoms with van der Waals surface area (Å²) < 4.78 is 6.36. The Kier molecular flexibility index (Phi) is 6.94. The first-order chi connectivity index (χ1) is 15.0. The maximum absolute atomic E-state index is 13.3. The van der Waals surface area contributed by atoms with E-state index in [4.69, 9.17) is 16.0 Å². The molecule has 0 saturated heterocycles. The highest BCUT2D eigenvalue weighted by atomic mass is 35.5. The Bertz CT molecular complexity index is 1050. The van der Waals surface area contributed by atoms with Crippen molar-refractivity contribution in [2.75, 3.05) is 11.9 Å². The second kappa shape index (κ2) is 9.84. The molecule has 1 amide bonds. The van der Waals surface area contributed by atoms with Crippen molar-refractivity contribution in [3.05, 3.63) is 59.0 Å². The van der Waals surface area contributed by atoms with Crippen LogP contribution in [-0.4, -0.2) is 38.6 Å². The van der Waals surface area contributed by atoms with Crippen LogP contribution in [-0.2, 0) is 4.79 Å². The van der Waals surface area contributed by atoms with Crippen LogP contribution in [0.5, 0.6) is 0 Å².